The van der Waals surface area contributed by atoms with E-state index in [2.05, 4.69) is 15.6 Å². The Labute approximate surface area is 206 Å². The number of hydrogen-bond donors (Lipinski definition) is 3. The van der Waals surface area contributed by atoms with Crippen molar-refractivity contribution in [3.63, 3.8) is 0 Å². The van der Waals surface area contributed by atoms with Crippen LogP contribution in [0.4, 0.5) is 16.2 Å². The highest BCUT2D eigenvalue weighted by atomic mass is 16.6. The molecule has 1 aromatic carbocycles. The van der Waals surface area contributed by atoms with Crippen LogP contribution in [0.3, 0.4) is 0 Å². The Hall–Kier alpha value is -3.55. The smallest absolute Gasteiger partial charge is 0.410 e. The molecule has 3 heterocycles. The van der Waals surface area contributed by atoms with Gasteiger partial charge in [-0.1, -0.05) is 11.6 Å². The predicted octanol–water partition coefficient (Wildman–Crippen LogP) is 5.16. The van der Waals surface area contributed by atoms with E-state index in [4.69, 9.17) is 4.74 Å². The van der Waals surface area contributed by atoms with Crippen molar-refractivity contribution in [3.8, 4) is 0 Å². The molecule has 1 atom stereocenters. The molecule has 35 heavy (non-hydrogen) atoms. The number of benzene rings is 1. The number of anilines is 2. The van der Waals surface area contributed by atoms with E-state index in [1.165, 1.54) is 4.90 Å². The number of nitrogens with one attached hydrogen (secondary N) is 3. The van der Waals surface area contributed by atoms with Crippen molar-refractivity contribution >= 4 is 40.9 Å². The molecular weight excluding hydrogens is 444 g/mol. The fraction of sp³-hybridized carbons (Fsp3) is 0.444. The molecule has 0 spiro atoms. The highest BCUT2D eigenvalue weighted by Crippen LogP contribution is 2.35. The van der Waals surface area contributed by atoms with Gasteiger partial charge >= 0.3 is 6.09 Å². The second kappa shape index (κ2) is 9.24. The van der Waals surface area contributed by atoms with E-state index >= 15 is 0 Å². The first-order valence-corrected chi connectivity index (χ1v) is 12.1. The van der Waals surface area contributed by atoms with Gasteiger partial charge in [0.1, 0.15) is 11.6 Å². The fourth-order valence-corrected chi connectivity index (χ4v) is 4.65. The normalized spacial score (nSPS) is 18.9. The average molecular weight is 479 g/mol. The Morgan fingerprint density at radius 2 is 1.91 bits per heavy atom. The minimum Gasteiger partial charge on any atom is -0.444 e. The molecule has 1 saturated heterocycles. The van der Waals surface area contributed by atoms with E-state index in [9.17, 15) is 14.4 Å². The lowest BCUT2D eigenvalue weighted by Gasteiger charge is -2.35. The lowest BCUT2D eigenvalue weighted by molar-refractivity contribution is -0.122. The van der Waals surface area contributed by atoms with Gasteiger partial charge in [-0.2, -0.15) is 0 Å². The van der Waals surface area contributed by atoms with Crippen molar-refractivity contribution in [2.75, 3.05) is 17.2 Å². The molecule has 8 nitrogen and oxygen atoms in total. The standard InChI is InChI=1S/C27H34N4O4/c1-15-10-11-20-18(13-15)19(24(32)29-20)14-21-16(2)23(17(3)28-21)30-25(33)22-9-7-8-12-31(22)26(34)35-27(4,5)6/h10-11,13-14,22,28H,7-9,12H2,1-6H3,(H,29,32)(H,30,33)/b19-14-. The molecule has 0 bridgehead atoms. The molecule has 0 aliphatic carbocycles. The van der Waals surface area contributed by atoms with E-state index < -0.39 is 17.7 Å². The van der Waals surface area contributed by atoms with Crippen molar-refractivity contribution < 1.29 is 19.1 Å². The zero-order valence-corrected chi connectivity index (χ0v) is 21.3. The van der Waals surface area contributed by atoms with Crippen molar-refractivity contribution in [1.29, 1.82) is 0 Å². The van der Waals surface area contributed by atoms with Crippen molar-refractivity contribution in [3.05, 3.63) is 46.3 Å². The topological polar surface area (TPSA) is 104 Å². The maximum absolute atomic E-state index is 13.3. The van der Waals surface area contributed by atoms with Crippen LogP contribution in [0.15, 0.2) is 18.2 Å². The molecule has 4 rings (SSSR count). The summed E-state index contributed by atoms with van der Waals surface area (Å²) in [5, 5.41) is 5.93. The number of amides is 3. The highest BCUT2D eigenvalue weighted by Gasteiger charge is 2.35. The molecule has 186 valence electrons. The Kier molecular flexibility index (Phi) is 6.49. The van der Waals surface area contributed by atoms with Gasteiger partial charge in [-0.25, -0.2) is 4.79 Å². The number of nitrogens with zero attached hydrogens (tertiary/aromatic N) is 1. The molecule has 3 N–H and O–H groups in total. The predicted molar refractivity (Wildman–Crippen MR) is 137 cm³/mol. The van der Waals surface area contributed by atoms with Crippen LogP contribution in [-0.2, 0) is 14.3 Å². The number of rotatable bonds is 3. The van der Waals surface area contributed by atoms with E-state index in [0.717, 1.165) is 46.6 Å². The maximum Gasteiger partial charge on any atom is 0.410 e. The minimum atomic E-state index is -0.630. The van der Waals surface area contributed by atoms with Gasteiger partial charge in [-0.15, -0.1) is 0 Å². The molecule has 3 amide bonds. The monoisotopic (exact) mass is 478 g/mol. The van der Waals surface area contributed by atoms with Crippen LogP contribution in [0.1, 0.15) is 68.1 Å². The first-order chi connectivity index (χ1) is 16.4. The molecule has 1 unspecified atom stereocenters. The molecule has 2 aliphatic rings. The lowest BCUT2D eigenvalue weighted by atomic mass is 10.0. The van der Waals surface area contributed by atoms with Gasteiger partial charge in [0.15, 0.2) is 0 Å². The van der Waals surface area contributed by atoms with Crippen molar-refractivity contribution in [1.82, 2.24) is 9.88 Å². The second-order valence-electron chi connectivity index (χ2n) is 10.4. The SMILES string of the molecule is Cc1ccc2c(c1)/C(=C/c1[nH]c(C)c(NC(=O)C3CCCCN3C(=O)OC(C)(C)C)c1C)C(=O)N2. The van der Waals surface area contributed by atoms with Gasteiger partial charge in [0.05, 0.1) is 11.3 Å². The van der Waals surface area contributed by atoms with Gasteiger partial charge in [-0.3, -0.25) is 14.5 Å². The van der Waals surface area contributed by atoms with Crippen LogP contribution >= 0.6 is 0 Å². The molecule has 2 aliphatic heterocycles. The summed E-state index contributed by atoms with van der Waals surface area (Å²) in [5.41, 5.74) is 5.71. The van der Waals surface area contributed by atoms with Gasteiger partial charge in [0.25, 0.3) is 5.91 Å². The van der Waals surface area contributed by atoms with Crippen LogP contribution in [0, 0.1) is 20.8 Å². The molecule has 1 aromatic heterocycles. The lowest BCUT2D eigenvalue weighted by Crippen LogP contribution is -2.51. The third-order valence-corrected chi connectivity index (χ3v) is 6.40. The first kappa shape index (κ1) is 24.6. The summed E-state index contributed by atoms with van der Waals surface area (Å²) in [6.07, 6.45) is 3.65. The molecule has 1 fully saturated rings. The van der Waals surface area contributed by atoms with E-state index in [0.29, 0.717) is 24.2 Å². The van der Waals surface area contributed by atoms with Crippen molar-refractivity contribution in [2.24, 2.45) is 0 Å². The maximum atomic E-state index is 13.3. The number of hydrogen-bond acceptors (Lipinski definition) is 4. The third-order valence-electron chi connectivity index (χ3n) is 6.40. The summed E-state index contributed by atoms with van der Waals surface area (Å²) in [6, 6.07) is 5.26. The van der Waals surface area contributed by atoms with Gasteiger partial charge in [0, 0.05) is 29.2 Å². The number of fused-ring (bicyclic) bond motifs is 1. The molecule has 2 aromatic rings. The Morgan fingerprint density at radius 1 is 1.17 bits per heavy atom. The first-order valence-electron chi connectivity index (χ1n) is 12.1. The number of ether oxygens (including phenoxy) is 1. The molecule has 0 saturated carbocycles. The number of likely N-dealkylation sites (tertiary alicyclic amines) is 1. The molecule has 8 heteroatoms. The number of carbonyl (C=O) groups is 3. The number of aryl methyl sites for hydroxylation is 2. The van der Waals surface area contributed by atoms with Crippen molar-refractivity contribution in [2.45, 2.75) is 72.4 Å². The summed E-state index contributed by atoms with van der Waals surface area (Å²) < 4.78 is 5.54. The highest BCUT2D eigenvalue weighted by molar-refractivity contribution is 6.35. The number of piperidine rings is 1. The molecule has 0 radical (unpaired) electrons. The average Bonchev–Trinajstić information content (AvgIpc) is 3.22. The zero-order valence-electron chi connectivity index (χ0n) is 21.3. The largest absolute Gasteiger partial charge is 0.444 e. The Bertz CT molecular complexity index is 1220. The Morgan fingerprint density at radius 3 is 2.63 bits per heavy atom. The minimum absolute atomic E-state index is 0.155. The van der Waals surface area contributed by atoms with Crippen LogP contribution in [0.25, 0.3) is 11.6 Å². The van der Waals surface area contributed by atoms with Crippen LogP contribution in [0.2, 0.25) is 0 Å². The summed E-state index contributed by atoms with van der Waals surface area (Å²) in [4.78, 5) is 43.5. The fourth-order valence-electron chi connectivity index (χ4n) is 4.65. The summed E-state index contributed by atoms with van der Waals surface area (Å²) in [6.45, 7) is 11.7. The van der Waals surface area contributed by atoms with Gasteiger partial charge in [-0.05, 0) is 84.6 Å². The number of aromatic amines is 1. The second-order valence-corrected chi connectivity index (χ2v) is 10.4. The van der Waals surface area contributed by atoms with Crippen LogP contribution in [-0.4, -0.2) is 46.0 Å². The number of H-pyrrole nitrogens is 1. The summed E-state index contributed by atoms with van der Waals surface area (Å²) in [7, 11) is 0. The van der Waals surface area contributed by atoms with E-state index in [1.807, 2.05) is 65.8 Å². The number of carbonyl (C=O) groups excluding carboxylic acids is 3. The number of aromatic nitrogens is 1. The van der Waals surface area contributed by atoms with Gasteiger partial charge in [0.2, 0.25) is 5.91 Å². The third kappa shape index (κ3) is 5.11. The quantitative estimate of drug-likeness (QED) is 0.530. The van der Waals surface area contributed by atoms with E-state index in [1.54, 1.807) is 0 Å². The molecular formula is C27H34N4O4. The van der Waals surface area contributed by atoms with E-state index in [-0.39, 0.29) is 11.8 Å². The summed E-state index contributed by atoms with van der Waals surface area (Å²) in [5.74, 6) is -0.391. The Balaban J connectivity index is 1.58. The van der Waals surface area contributed by atoms with Crippen LogP contribution in [0.5, 0.6) is 0 Å². The van der Waals surface area contributed by atoms with Crippen LogP contribution < -0.4 is 10.6 Å². The van der Waals surface area contributed by atoms with Gasteiger partial charge < -0.3 is 20.4 Å². The zero-order chi connectivity index (χ0) is 25.5. The summed E-state index contributed by atoms with van der Waals surface area (Å²) >= 11 is 0.